The molecule has 3 heterocycles. The van der Waals surface area contributed by atoms with Crippen LogP contribution in [0.1, 0.15) is 29.9 Å². The Morgan fingerprint density at radius 2 is 1.75 bits per heavy atom. The quantitative estimate of drug-likeness (QED) is 0.460. The minimum absolute atomic E-state index is 0.205. The molecule has 2 N–H and O–H groups in total. The van der Waals surface area contributed by atoms with E-state index >= 15 is 0 Å². The third-order valence-electron chi connectivity index (χ3n) is 6.88. The number of nitrogens with zero attached hydrogens (tertiary/aromatic N) is 2. The van der Waals surface area contributed by atoms with E-state index in [0.717, 1.165) is 45.9 Å². The van der Waals surface area contributed by atoms with Gasteiger partial charge in [-0.05, 0) is 56.7 Å². The number of aromatic nitrogens is 2. The molecule has 0 spiro atoms. The lowest BCUT2D eigenvalue weighted by molar-refractivity contribution is -0.126. The SMILES string of the molecule is CN(C)CCCC1(c2c[nH]c3ccccc23)C(=O)NC(=O)C1c1cn(C)c2ccccc12. The number of hydrogen-bond donors (Lipinski definition) is 2. The van der Waals surface area contributed by atoms with E-state index < -0.39 is 11.3 Å². The molecule has 1 fully saturated rings. The van der Waals surface area contributed by atoms with E-state index in [-0.39, 0.29) is 11.8 Å². The van der Waals surface area contributed by atoms with Crippen LogP contribution in [0.25, 0.3) is 21.8 Å². The molecule has 164 valence electrons. The molecule has 5 rings (SSSR count). The van der Waals surface area contributed by atoms with Gasteiger partial charge in [-0.15, -0.1) is 0 Å². The molecule has 1 aliphatic rings. The fourth-order valence-corrected chi connectivity index (χ4v) is 5.45. The molecule has 2 amide bonds. The second kappa shape index (κ2) is 7.64. The Bertz CT molecular complexity index is 1330. The maximum atomic E-state index is 13.7. The largest absolute Gasteiger partial charge is 0.361 e. The lowest BCUT2D eigenvalue weighted by Gasteiger charge is -2.32. The van der Waals surface area contributed by atoms with Gasteiger partial charge in [-0.3, -0.25) is 14.9 Å². The molecule has 1 saturated heterocycles. The van der Waals surface area contributed by atoms with E-state index in [4.69, 9.17) is 0 Å². The Balaban J connectivity index is 1.76. The van der Waals surface area contributed by atoms with Gasteiger partial charge in [0.15, 0.2) is 0 Å². The summed E-state index contributed by atoms with van der Waals surface area (Å²) in [6.07, 6.45) is 5.33. The summed E-state index contributed by atoms with van der Waals surface area (Å²) < 4.78 is 2.04. The number of imide groups is 1. The van der Waals surface area contributed by atoms with Gasteiger partial charge in [0.05, 0.1) is 11.3 Å². The summed E-state index contributed by atoms with van der Waals surface area (Å²) in [7, 11) is 6.04. The van der Waals surface area contributed by atoms with Gasteiger partial charge in [0, 0.05) is 41.2 Å². The van der Waals surface area contributed by atoms with Crippen molar-refractivity contribution in [2.45, 2.75) is 24.2 Å². The summed E-state index contributed by atoms with van der Waals surface area (Å²) in [5.74, 6) is -1.02. The van der Waals surface area contributed by atoms with E-state index in [1.54, 1.807) is 0 Å². The minimum Gasteiger partial charge on any atom is -0.361 e. The summed E-state index contributed by atoms with van der Waals surface area (Å²) in [6, 6.07) is 16.1. The monoisotopic (exact) mass is 428 g/mol. The lowest BCUT2D eigenvalue weighted by Crippen LogP contribution is -2.39. The molecule has 1 aliphatic heterocycles. The topological polar surface area (TPSA) is 70.1 Å². The molecule has 0 radical (unpaired) electrons. The zero-order valence-corrected chi connectivity index (χ0v) is 18.7. The molecule has 2 unspecified atom stereocenters. The number of amides is 2. The van der Waals surface area contributed by atoms with Gasteiger partial charge in [-0.2, -0.15) is 0 Å². The zero-order chi connectivity index (χ0) is 22.5. The Kier molecular flexibility index (Phi) is 4.90. The fourth-order valence-electron chi connectivity index (χ4n) is 5.45. The molecule has 2 aromatic heterocycles. The predicted octanol–water partition coefficient (Wildman–Crippen LogP) is 3.68. The van der Waals surface area contributed by atoms with Crippen molar-refractivity contribution in [1.82, 2.24) is 19.8 Å². The Morgan fingerprint density at radius 3 is 2.53 bits per heavy atom. The number of nitrogens with one attached hydrogen (secondary N) is 2. The van der Waals surface area contributed by atoms with Crippen LogP contribution in [0.15, 0.2) is 60.9 Å². The first-order valence-corrected chi connectivity index (χ1v) is 11.0. The van der Waals surface area contributed by atoms with Gasteiger partial charge in [-0.25, -0.2) is 0 Å². The second-order valence-corrected chi connectivity index (χ2v) is 9.09. The molecule has 0 aliphatic carbocycles. The normalized spacial score (nSPS) is 21.2. The number of aryl methyl sites for hydroxylation is 1. The fraction of sp³-hybridized carbons (Fsp3) is 0.308. The average molecular weight is 429 g/mol. The van der Waals surface area contributed by atoms with Gasteiger partial charge in [0.1, 0.15) is 0 Å². The van der Waals surface area contributed by atoms with Crippen molar-refractivity contribution in [3.63, 3.8) is 0 Å². The number of rotatable bonds is 6. The van der Waals surface area contributed by atoms with Crippen LogP contribution in [0.5, 0.6) is 0 Å². The van der Waals surface area contributed by atoms with E-state index in [9.17, 15) is 9.59 Å². The molecule has 6 nitrogen and oxygen atoms in total. The molecule has 2 atom stereocenters. The number of hydrogen-bond acceptors (Lipinski definition) is 3. The van der Waals surface area contributed by atoms with Crippen molar-refractivity contribution in [3.8, 4) is 0 Å². The molecule has 0 saturated carbocycles. The number of para-hydroxylation sites is 2. The van der Waals surface area contributed by atoms with Crippen molar-refractivity contribution in [3.05, 3.63) is 72.1 Å². The number of benzene rings is 2. The molecule has 2 aromatic carbocycles. The standard InChI is InChI=1S/C26H28N4O2/c1-29(2)14-8-13-26(20-15-27-21-11-6-4-10-18(20)21)23(24(31)28-25(26)32)19-16-30(3)22-12-7-5-9-17(19)22/h4-7,9-12,15-16,23,27H,8,13-14H2,1-3H3,(H,28,31,32). The van der Waals surface area contributed by atoms with Gasteiger partial charge in [0.25, 0.3) is 0 Å². The van der Waals surface area contributed by atoms with Crippen LogP contribution in [0.4, 0.5) is 0 Å². The second-order valence-electron chi connectivity index (χ2n) is 9.09. The Labute approximate surface area is 187 Å². The number of aromatic amines is 1. The van der Waals surface area contributed by atoms with E-state index in [2.05, 4.69) is 15.2 Å². The zero-order valence-electron chi connectivity index (χ0n) is 18.7. The maximum absolute atomic E-state index is 13.7. The van der Waals surface area contributed by atoms with E-state index in [1.165, 1.54) is 0 Å². The first kappa shape index (κ1) is 20.5. The first-order chi connectivity index (χ1) is 15.4. The Morgan fingerprint density at radius 1 is 1.03 bits per heavy atom. The maximum Gasteiger partial charge on any atom is 0.238 e. The Hall–Kier alpha value is -3.38. The molecular formula is C26H28N4O2. The highest BCUT2D eigenvalue weighted by Gasteiger charge is 2.57. The highest BCUT2D eigenvalue weighted by Crippen LogP contribution is 2.50. The van der Waals surface area contributed by atoms with Gasteiger partial charge in [-0.1, -0.05) is 36.4 Å². The van der Waals surface area contributed by atoms with Crippen LogP contribution in [0.2, 0.25) is 0 Å². The molecule has 6 heteroatoms. The number of fused-ring (bicyclic) bond motifs is 2. The third-order valence-corrected chi connectivity index (χ3v) is 6.88. The van der Waals surface area contributed by atoms with Crippen molar-refractivity contribution in [1.29, 1.82) is 0 Å². The number of carbonyl (C=O) groups excluding carboxylic acids is 2. The predicted molar refractivity (Wildman–Crippen MR) is 127 cm³/mol. The summed E-state index contributed by atoms with van der Waals surface area (Å²) >= 11 is 0. The first-order valence-electron chi connectivity index (χ1n) is 11.0. The number of H-pyrrole nitrogens is 1. The smallest absolute Gasteiger partial charge is 0.238 e. The number of carbonyl (C=O) groups is 2. The summed E-state index contributed by atoms with van der Waals surface area (Å²) in [5, 5.41) is 4.72. The van der Waals surface area contributed by atoms with Crippen molar-refractivity contribution in [2.75, 3.05) is 20.6 Å². The molecular weight excluding hydrogens is 400 g/mol. The highest BCUT2D eigenvalue weighted by molar-refractivity contribution is 6.15. The van der Waals surface area contributed by atoms with Gasteiger partial charge < -0.3 is 14.5 Å². The molecule has 4 aromatic rings. The average Bonchev–Trinajstić information content (AvgIpc) is 3.41. The van der Waals surface area contributed by atoms with Crippen LogP contribution in [0, 0.1) is 0 Å². The van der Waals surface area contributed by atoms with Crippen LogP contribution in [0.3, 0.4) is 0 Å². The molecule has 0 bridgehead atoms. The van der Waals surface area contributed by atoms with Crippen LogP contribution in [-0.4, -0.2) is 46.9 Å². The van der Waals surface area contributed by atoms with Crippen LogP contribution < -0.4 is 5.32 Å². The van der Waals surface area contributed by atoms with Crippen molar-refractivity contribution >= 4 is 33.6 Å². The lowest BCUT2D eigenvalue weighted by atomic mass is 9.66. The van der Waals surface area contributed by atoms with Crippen LogP contribution >= 0.6 is 0 Å². The minimum atomic E-state index is -0.975. The van der Waals surface area contributed by atoms with Crippen LogP contribution in [-0.2, 0) is 22.1 Å². The van der Waals surface area contributed by atoms with E-state index in [0.29, 0.717) is 6.42 Å². The van der Waals surface area contributed by atoms with Crippen molar-refractivity contribution in [2.24, 2.45) is 7.05 Å². The summed E-state index contributed by atoms with van der Waals surface area (Å²) in [5.41, 5.74) is 2.85. The van der Waals surface area contributed by atoms with Gasteiger partial charge >= 0.3 is 0 Å². The van der Waals surface area contributed by atoms with E-state index in [1.807, 2.05) is 86.6 Å². The summed E-state index contributed by atoms with van der Waals surface area (Å²) in [4.78, 5) is 32.6. The summed E-state index contributed by atoms with van der Waals surface area (Å²) in [6.45, 7) is 0.841. The highest BCUT2D eigenvalue weighted by atomic mass is 16.2. The molecule has 32 heavy (non-hydrogen) atoms. The third kappa shape index (κ3) is 2.98. The van der Waals surface area contributed by atoms with Crippen molar-refractivity contribution < 1.29 is 9.59 Å². The van der Waals surface area contributed by atoms with Gasteiger partial charge in [0.2, 0.25) is 11.8 Å².